The molecule has 2 heteroatoms. The van der Waals surface area contributed by atoms with Crippen molar-refractivity contribution in [2.24, 2.45) is 0 Å². The predicted molar refractivity (Wildman–Crippen MR) is 51.4 cm³/mol. The van der Waals surface area contributed by atoms with Crippen LogP contribution in [-0.4, -0.2) is 6.54 Å². The van der Waals surface area contributed by atoms with Gasteiger partial charge in [-0.25, -0.2) is 0 Å². The van der Waals surface area contributed by atoms with E-state index in [1.807, 2.05) is 31.2 Å². The summed E-state index contributed by atoms with van der Waals surface area (Å²) in [6, 6.07) is 7.77. The van der Waals surface area contributed by atoms with Gasteiger partial charge in [-0.15, -0.1) is 0 Å². The Labute approximate surface area is 72.9 Å². The zero-order chi connectivity index (χ0) is 8.81. The molecule has 1 aromatic rings. The first kappa shape index (κ1) is 8.65. The molecule has 0 aliphatic carbocycles. The van der Waals surface area contributed by atoms with Crippen LogP contribution in [0.2, 0.25) is 0 Å². The number of hydrogen-bond donors (Lipinski definition) is 1. The molecule has 0 saturated heterocycles. The average molecular weight is 163 g/mol. The van der Waals surface area contributed by atoms with Crippen LogP contribution in [0.4, 0.5) is 5.69 Å². The van der Waals surface area contributed by atoms with Gasteiger partial charge in [-0.1, -0.05) is 18.7 Å². The molecule has 0 spiro atoms. The van der Waals surface area contributed by atoms with Gasteiger partial charge in [0.15, 0.2) is 0 Å². The van der Waals surface area contributed by atoms with Crippen molar-refractivity contribution >= 4 is 5.69 Å². The van der Waals surface area contributed by atoms with E-state index in [0.717, 1.165) is 18.0 Å². The second kappa shape index (κ2) is 4.44. The van der Waals surface area contributed by atoms with Gasteiger partial charge < -0.3 is 10.1 Å². The van der Waals surface area contributed by atoms with E-state index >= 15 is 0 Å². The maximum Gasteiger partial charge on any atom is 0.149 e. The summed E-state index contributed by atoms with van der Waals surface area (Å²) in [6.07, 6.45) is 1.43. The normalized spacial score (nSPS) is 9.08. The third-order valence-corrected chi connectivity index (χ3v) is 1.46. The van der Waals surface area contributed by atoms with Crippen molar-refractivity contribution < 1.29 is 4.74 Å². The van der Waals surface area contributed by atoms with E-state index in [-0.39, 0.29) is 0 Å². The summed E-state index contributed by atoms with van der Waals surface area (Å²) in [6.45, 7) is 6.44. The van der Waals surface area contributed by atoms with Gasteiger partial charge in [0.2, 0.25) is 0 Å². The number of rotatable bonds is 4. The third-order valence-electron chi connectivity index (χ3n) is 1.46. The topological polar surface area (TPSA) is 21.3 Å². The molecule has 1 N–H and O–H groups in total. The molecular weight excluding hydrogens is 150 g/mol. The van der Waals surface area contributed by atoms with Crippen molar-refractivity contribution in [3.63, 3.8) is 0 Å². The summed E-state index contributed by atoms with van der Waals surface area (Å²) in [7, 11) is 0. The summed E-state index contributed by atoms with van der Waals surface area (Å²) in [5.41, 5.74) is 1.000. The quantitative estimate of drug-likeness (QED) is 0.689. The molecule has 2 nitrogen and oxygen atoms in total. The lowest BCUT2D eigenvalue weighted by atomic mass is 10.3. The van der Waals surface area contributed by atoms with Gasteiger partial charge in [-0.05, 0) is 19.1 Å². The SMILES string of the molecule is C=COc1ccccc1NCC. The maximum atomic E-state index is 5.19. The molecular formula is C10H13NO. The van der Waals surface area contributed by atoms with Gasteiger partial charge in [0.25, 0.3) is 0 Å². The summed E-state index contributed by atoms with van der Waals surface area (Å²) < 4.78 is 5.19. The van der Waals surface area contributed by atoms with Crippen LogP contribution in [0.25, 0.3) is 0 Å². The zero-order valence-electron chi connectivity index (χ0n) is 7.21. The Morgan fingerprint density at radius 1 is 1.50 bits per heavy atom. The Morgan fingerprint density at radius 3 is 2.92 bits per heavy atom. The molecule has 0 aromatic heterocycles. The second-order valence-electron chi connectivity index (χ2n) is 2.31. The first-order chi connectivity index (χ1) is 5.88. The molecule has 1 rings (SSSR count). The van der Waals surface area contributed by atoms with Crippen molar-refractivity contribution in [1.82, 2.24) is 0 Å². The fraction of sp³-hybridized carbons (Fsp3) is 0.200. The molecule has 0 heterocycles. The van der Waals surface area contributed by atoms with Crippen LogP contribution >= 0.6 is 0 Å². The minimum atomic E-state index is 0.814. The monoisotopic (exact) mass is 163 g/mol. The van der Waals surface area contributed by atoms with Gasteiger partial charge in [0.05, 0.1) is 11.9 Å². The standard InChI is InChI=1S/C10H13NO/c1-3-11-9-7-5-6-8-10(9)12-4-2/h4-8,11H,2-3H2,1H3. The highest BCUT2D eigenvalue weighted by Gasteiger charge is 1.97. The highest BCUT2D eigenvalue weighted by Crippen LogP contribution is 2.23. The molecule has 12 heavy (non-hydrogen) atoms. The highest BCUT2D eigenvalue weighted by atomic mass is 16.5. The van der Waals surface area contributed by atoms with E-state index in [1.54, 1.807) is 0 Å². The molecule has 0 atom stereocenters. The van der Waals surface area contributed by atoms with Gasteiger partial charge in [-0.2, -0.15) is 0 Å². The maximum absolute atomic E-state index is 5.19. The van der Waals surface area contributed by atoms with E-state index in [1.165, 1.54) is 6.26 Å². The Bertz CT molecular complexity index is 258. The minimum Gasteiger partial charge on any atom is -0.463 e. The Kier molecular flexibility index (Phi) is 3.20. The van der Waals surface area contributed by atoms with Gasteiger partial charge in [-0.3, -0.25) is 0 Å². The fourth-order valence-electron chi connectivity index (χ4n) is 0.996. The number of ether oxygens (including phenoxy) is 1. The Hall–Kier alpha value is -1.44. The lowest BCUT2D eigenvalue weighted by Crippen LogP contribution is -1.98. The van der Waals surface area contributed by atoms with Crippen molar-refractivity contribution in [2.45, 2.75) is 6.92 Å². The molecule has 0 aliphatic rings. The molecule has 0 fully saturated rings. The molecule has 0 aliphatic heterocycles. The van der Waals surface area contributed by atoms with Crippen LogP contribution in [0.5, 0.6) is 5.75 Å². The van der Waals surface area contributed by atoms with Gasteiger partial charge in [0.1, 0.15) is 5.75 Å². The third kappa shape index (κ3) is 2.02. The molecule has 0 radical (unpaired) electrons. The summed E-state index contributed by atoms with van der Waals surface area (Å²) in [4.78, 5) is 0. The number of hydrogen-bond acceptors (Lipinski definition) is 2. The number of anilines is 1. The van der Waals surface area contributed by atoms with Crippen LogP contribution in [0.1, 0.15) is 6.92 Å². The molecule has 0 amide bonds. The lowest BCUT2D eigenvalue weighted by molar-refractivity contribution is 0.485. The summed E-state index contributed by atoms with van der Waals surface area (Å²) in [5.74, 6) is 0.814. The second-order valence-corrected chi connectivity index (χ2v) is 2.31. The van der Waals surface area contributed by atoms with Crippen LogP contribution in [0, 0.1) is 0 Å². The van der Waals surface area contributed by atoms with E-state index in [9.17, 15) is 0 Å². The Balaban J connectivity index is 2.83. The van der Waals surface area contributed by atoms with Crippen LogP contribution in [-0.2, 0) is 0 Å². The Morgan fingerprint density at radius 2 is 2.25 bits per heavy atom. The highest BCUT2D eigenvalue weighted by molar-refractivity contribution is 5.56. The van der Waals surface area contributed by atoms with Crippen molar-refractivity contribution in [2.75, 3.05) is 11.9 Å². The molecule has 64 valence electrons. The first-order valence-electron chi connectivity index (χ1n) is 3.99. The summed E-state index contributed by atoms with van der Waals surface area (Å²) >= 11 is 0. The minimum absolute atomic E-state index is 0.814. The van der Waals surface area contributed by atoms with E-state index < -0.39 is 0 Å². The van der Waals surface area contributed by atoms with E-state index in [4.69, 9.17) is 4.74 Å². The van der Waals surface area contributed by atoms with Crippen LogP contribution in [0.15, 0.2) is 37.1 Å². The molecule has 0 saturated carbocycles. The smallest absolute Gasteiger partial charge is 0.149 e. The van der Waals surface area contributed by atoms with Crippen LogP contribution in [0.3, 0.4) is 0 Å². The molecule has 0 unspecified atom stereocenters. The summed E-state index contributed by atoms with van der Waals surface area (Å²) in [5, 5.41) is 3.19. The fourth-order valence-corrected chi connectivity index (χ4v) is 0.996. The molecule has 1 aromatic carbocycles. The van der Waals surface area contributed by atoms with Crippen molar-refractivity contribution in [1.29, 1.82) is 0 Å². The van der Waals surface area contributed by atoms with Crippen LogP contribution < -0.4 is 10.1 Å². The van der Waals surface area contributed by atoms with E-state index in [0.29, 0.717) is 0 Å². The van der Waals surface area contributed by atoms with Gasteiger partial charge >= 0.3 is 0 Å². The average Bonchev–Trinajstić information content (AvgIpc) is 2.09. The van der Waals surface area contributed by atoms with Gasteiger partial charge in [0, 0.05) is 6.54 Å². The molecule has 0 bridgehead atoms. The number of benzene rings is 1. The zero-order valence-corrected chi connectivity index (χ0v) is 7.21. The largest absolute Gasteiger partial charge is 0.463 e. The number of nitrogens with one attached hydrogen (secondary N) is 1. The first-order valence-corrected chi connectivity index (χ1v) is 3.99. The van der Waals surface area contributed by atoms with Crippen molar-refractivity contribution in [3.8, 4) is 5.75 Å². The number of para-hydroxylation sites is 2. The predicted octanol–water partition coefficient (Wildman–Crippen LogP) is 2.64. The van der Waals surface area contributed by atoms with Crippen molar-refractivity contribution in [3.05, 3.63) is 37.1 Å². The van der Waals surface area contributed by atoms with E-state index in [2.05, 4.69) is 11.9 Å². The lowest BCUT2D eigenvalue weighted by Gasteiger charge is -2.08.